The van der Waals surface area contributed by atoms with E-state index >= 15 is 0 Å². The zero-order valence-electron chi connectivity index (χ0n) is 23.3. The third-order valence-electron chi connectivity index (χ3n) is 6.88. The minimum absolute atomic E-state index is 0.0347. The van der Waals surface area contributed by atoms with E-state index in [-0.39, 0.29) is 11.9 Å². The van der Waals surface area contributed by atoms with Crippen LogP contribution in [-0.2, 0) is 6.54 Å². The van der Waals surface area contributed by atoms with E-state index in [4.69, 9.17) is 10.7 Å². The Bertz CT molecular complexity index is 1210. The number of hydrogen-bond acceptors (Lipinski definition) is 7. The SMILES string of the molecule is C=C(O)/C=C/c1cnc(N2CCN(C(C)/N=C\C(=C/C)c3cccc(CN(C)C(=C)CN)c3)CC2)c(C)c1. The molecule has 0 bridgehead atoms. The Hall–Kier alpha value is -3.68. The quantitative estimate of drug-likeness (QED) is 0.249. The van der Waals surface area contributed by atoms with Crippen molar-refractivity contribution in [1.82, 2.24) is 14.8 Å². The number of rotatable bonds is 11. The molecule has 0 saturated carbocycles. The summed E-state index contributed by atoms with van der Waals surface area (Å²) in [5.41, 5.74) is 12.2. The van der Waals surface area contributed by atoms with Crippen molar-refractivity contribution in [2.24, 2.45) is 10.7 Å². The molecular formula is C31H42N6O. The zero-order valence-corrected chi connectivity index (χ0v) is 23.3. The molecule has 1 saturated heterocycles. The molecule has 1 aliphatic rings. The third-order valence-corrected chi connectivity index (χ3v) is 6.88. The lowest BCUT2D eigenvalue weighted by molar-refractivity contribution is 0.203. The van der Waals surface area contributed by atoms with E-state index in [2.05, 4.69) is 90.0 Å². The molecule has 1 unspecified atom stereocenters. The van der Waals surface area contributed by atoms with Crippen molar-refractivity contribution in [1.29, 1.82) is 0 Å². The number of aryl methyl sites for hydroxylation is 1. The van der Waals surface area contributed by atoms with E-state index in [0.717, 1.165) is 66.5 Å². The van der Waals surface area contributed by atoms with Crippen LogP contribution in [0.25, 0.3) is 11.6 Å². The average Bonchev–Trinajstić information content (AvgIpc) is 2.92. The molecule has 38 heavy (non-hydrogen) atoms. The Morgan fingerprint density at radius 2 is 1.97 bits per heavy atom. The summed E-state index contributed by atoms with van der Waals surface area (Å²) >= 11 is 0. The maximum Gasteiger partial charge on any atom is 0.131 e. The van der Waals surface area contributed by atoms with Crippen molar-refractivity contribution in [3.8, 4) is 0 Å². The van der Waals surface area contributed by atoms with Gasteiger partial charge in [-0.2, -0.15) is 0 Å². The molecule has 7 nitrogen and oxygen atoms in total. The van der Waals surface area contributed by atoms with Crippen molar-refractivity contribution in [3.63, 3.8) is 0 Å². The number of anilines is 1. The molecular weight excluding hydrogens is 472 g/mol. The van der Waals surface area contributed by atoms with Crippen molar-refractivity contribution in [2.45, 2.75) is 33.5 Å². The summed E-state index contributed by atoms with van der Waals surface area (Å²) in [6.07, 6.45) is 9.42. The van der Waals surface area contributed by atoms with E-state index in [9.17, 15) is 5.11 Å². The molecule has 1 aromatic carbocycles. The first-order chi connectivity index (χ1) is 18.2. The highest BCUT2D eigenvalue weighted by molar-refractivity contribution is 6.09. The fraction of sp³-hybridized carbons (Fsp3) is 0.355. The Balaban J connectivity index is 1.59. The van der Waals surface area contributed by atoms with Crippen molar-refractivity contribution >= 4 is 23.7 Å². The van der Waals surface area contributed by atoms with Gasteiger partial charge in [0.2, 0.25) is 0 Å². The smallest absolute Gasteiger partial charge is 0.131 e. The van der Waals surface area contributed by atoms with Crippen LogP contribution in [0.1, 0.15) is 36.1 Å². The molecule has 2 heterocycles. The molecule has 0 aliphatic carbocycles. The van der Waals surface area contributed by atoms with Crippen molar-refractivity contribution in [2.75, 3.05) is 44.7 Å². The van der Waals surface area contributed by atoms with Crippen LogP contribution in [0.5, 0.6) is 0 Å². The van der Waals surface area contributed by atoms with Crippen LogP contribution in [-0.4, -0.2) is 72.0 Å². The summed E-state index contributed by atoms with van der Waals surface area (Å²) in [7, 11) is 2.02. The molecule has 2 aromatic rings. The number of pyridine rings is 1. The second-order valence-electron chi connectivity index (χ2n) is 9.74. The Morgan fingerprint density at radius 1 is 1.24 bits per heavy atom. The van der Waals surface area contributed by atoms with E-state index < -0.39 is 0 Å². The van der Waals surface area contributed by atoms with Gasteiger partial charge in [0.05, 0.1) is 6.17 Å². The first-order valence-corrected chi connectivity index (χ1v) is 13.1. The van der Waals surface area contributed by atoms with E-state index in [1.165, 1.54) is 5.56 Å². The minimum atomic E-state index is 0.0347. The lowest BCUT2D eigenvalue weighted by Gasteiger charge is -2.37. The zero-order chi connectivity index (χ0) is 27.7. The summed E-state index contributed by atoms with van der Waals surface area (Å²) in [6.45, 7) is 18.7. The van der Waals surface area contributed by atoms with Crippen LogP contribution >= 0.6 is 0 Å². The summed E-state index contributed by atoms with van der Waals surface area (Å²) in [5, 5.41) is 9.28. The Labute approximate surface area is 228 Å². The molecule has 0 radical (unpaired) electrons. The molecule has 0 amide bonds. The van der Waals surface area contributed by atoms with Gasteiger partial charge in [-0.3, -0.25) is 9.89 Å². The largest absolute Gasteiger partial charge is 0.509 e. The van der Waals surface area contributed by atoms with E-state index in [1.54, 1.807) is 6.08 Å². The van der Waals surface area contributed by atoms with E-state index in [1.807, 2.05) is 25.5 Å². The second kappa shape index (κ2) is 13.7. The number of hydrogen-bond donors (Lipinski definition) is 2. The Kier molecular flexibility index (Phi) is 10.4. The van der Waals surface area contributed by atoms with Crippen LogP contribution in [0, 0.1) is 6.92 Å². The first-order valence-electron chi connectivity index (χ1n) is 13.1. The van der Waals surface area contributed by atoms with Crippen LogP contribution in [0.15, 0.2) is 78.3 Å². The predicted molar refractivity (Wildman–Crippen MR) is 161 cm³/mol. The minimum Gasteiger partial charge on any atom is -0.509 e. The monoisotopic (exact) mass is 514 g/mol. The molecule has 202 valence electrons. The molecule has 1 fully saturated rings. The molecule has 1 aliphatic heterocycles. The lowest BCUT2D eigenvalue weighted by atomic mass is 10.0. The number of aliphatic imine (C=N–C) groups is 1. The number of aliphatic hydroxyl groups excluding tert-OH is 1. The summed E-state index contributed by atoms with van der Waals surface area (Å²) < 4.78 is 0. The van der Waals surface area contributed by atoms with Gasteiger partial charge in [0.25, 0.3) is 0 Å². The fourth-order valence-corrected chi connectivity index (χ4v) is 4.50. The normalized spacial score (nSPS) is 15.8. The number of aromatic nitrogens is 1. The number of aliphatic hydroxyl groups is 1. The molecule has 1 aromatic heterocycles. The van der Waals surface area contributed by atoms with Gasteiger partial charge in [0, 0.05) is 64.4 Å². The first kappa shape index (κ1) is 28.9. The summed E-state index contributed by atoms with van der Waals surface area (Å²) in [5.74, 6) is 1.05. The maximum atomic E-state index is 9.28. The number of nitrogens with two attached hydrogens (primary N) is 1. The fourth-order valence-electron chi connectivity index (χ4n) is 4.50. The van der Waals surface area contributed by atoms with Crippen LogP contribution in [0.4, 0.5) is 5.82 Å². The highest BCUT2D eigenvalue weighted by atomic mass is 16.3. The number of likely N-dealkylation sites (N-methyl/N-ethyl adjacent to an activating group) is 1. The number of piperazine rings is 1. The van der Waals surface area contributed by atoms with Gasteiger partial charge >= 0.3 is 0 Å². The Morgan fingerprint density at radius 3 is 2.61 bits per heavy atom. The van der Waals surface area contributed by atoms with Crippen molar-refractivity contribution in [3.05, 3.63) is 95.5 Å². The summed E-state index contributed by atoms with van der Waals surface area (Å²) in [6, 6.07) is 10.6. The molecule has 0 spiro atoms. The van der Waals surface area contributed by atoms with E-state index in [0.29, 0.717) is 6.54 Å². The van der Waals surface area contributed by atoms with Gasteiger partial charge in [-0.05, 0) is 72.9 Å². The standard InChI is InChI=1S/C31H42N6O/c1-7-29(30-10-8-9-28(18-30)22-35(6)24(3)19-32)21-33-26(5)36-13-15-37(16-14-36)31-23(2)17-27(20-34-31)12-11-25(4)38/h7-12,17-18,20-21,26,38H,3-4,13-16,19,22,32H2,1-2,5-6H3/b12-11+,29-7+,33-21-. The van der Waals surface area contributed by atoms with Gasteiger partial charge < -0.3 is 20.6 Å². The van der Waals surface area contributed by atoms with Gasteiger partial charge in [0.1, 0.15) is 11.6 Å². The highest BCUT2D eigenvalue weighted by Crippen LogP contribution is 2.22. The van der Waals surface area contributed by atoms with Gasteiger partial charge in [-0.25, -0.2) is 4.98 Å². The number of benzene rings is 1. The average molecular weight is 515 g/mol. The van der Waals surface area contributed by atoms with Gasteiger partial charge in [-0.1, -0.05) is 37.4 Å². The van der Waals surface area contributed by atoms with Crippen molar-refractivity contribution < 1.29 is 5.11 Å². The molecule has 1 atom stereocenters. The number of allylic oxidation sites excluding steroid dienone is 3. The molecule has 7 heteroatoms. The third kappa shape index (κ3) is 7.91. The highest BCUT2D eigenvalue weighted by Gasteiger charge is 2.22. The topological polar surface area (TPSA) is 81.2 Å². The maximum absolute atomic E-state index is 9.28. The van der Waals surface area contributed by atoms with Crippen LogP contribution < -0.4 is 10.6 Å². The van der Waals surface area contributed by atoms with Gasteiger partial charge in [0.15, 0.2) is 0 Å². The van der Waals surface area contributed by atoms with Crippen LogP contribution in [0.3, 0.4) is 0 Å². The number of nitrogens with zero attached hydrogens (tertiary/aromatic N) is 5. The van der Waals surface area contributed by atoms with Crippen LogP contribution in [0.2, 0.25) is 0 Å². The predicted octanol–water partition coefficient (Wildman–Crippen LogP) is 5.02. The summed E-state index contributed by atoms with van der Waals surface area (Å²) in [4.78, 5) is 16.4. The molecule has 3 rings (SSSR count). The second-order valence-corrected chi connectivity index (χ2v) is 9.74. The lowest BCUT2D eigenvalue weighted by Crippen LogP contribution is -2.49. The molecule has 3 N–H and O–H groups in total. The van der Waals surface area contributed by atoms with Gasteiger partial charge in [-0.15, -0.1) is 0 Å².